The molecule has 2 heterocycles. The van der Waals surface area contributed by atoms with Gasteiger partial charge < -0.3 is 15.2 Å². The van der Waals surface area contributed by atoms with Gasteiger partial charge in [0.1, 0.15) is 12.1 Å². The maximum Gasteiger partial charge on any atom is 0.326 e. The fourth-order valence-electron chi connectivity index (χ4n) is 2.95. The van der Waals surface area contributed by atoms with Gasteiger partial charge in [0.25, 0.3) is 0 Å². The molecular weight excluding hydrogens is 298 g/mol. The fourth-order valence-corrected chi connectivity index (χ4v) is 2.95. The first-order chi connectivity index (χ1) is 11.0. The molecule has 1 aliphatic rings. The molecule has 0 saturated carbocycles. The number of rotatable bonds is 7. The molecule has 1 saturated heterocycles. The molecule has 1 amide bonds. The molecule has 0 aliphatic carbocycles. The normalized spacial score (nSPS) is 22.5. The fraction of sp³-hybridized carbons (Fsp3) is 0.688. The number of aryl methyl sites for hydroxylation is 1. The van der Waals surface area contributed by atoms with Crippen LogP contribution in [0.1, 0.15) is 50.8 Å². The highest BCUT2D eigenvalue weighted by atomic mass is 16.5. The maximum absolute atomic E-state index is 12.6. The zero-order valence-electron chi connectivity index (χ0n) is 13.7. The highest BCUT2D eigenvalue weighted by Gasteiger charge is 2.36. The Kier molecular flexibility index (Phi) is 6.15. The van der Waals surface area contributed by atoms with Crippen molar-refractivity contribution in [2.75, 3.05) is 6.61 Å². The standard InChI is InChI=1S/C16H25N3O4/c1-3-4-7-12(16(21)22)18-15(20)11-6-5-10-23-14(11)13-8-9-17-19(13)2/h8-9,11-12,14H,3-7,10H2,1-2H3,(H,18,20)(H,21,22)/t11-,12+,14-/m1/s1. The second-order valence-electron chi connectivity index (χ2n) is 5.96. The van der Waals surface area contributed by atoms with E-state index in [4.69, 9.17) is 4.74 Å². The first-order valence-electron chi connectivity index (χ1n) is 8.17. The van der Waals surface area contributed by atoms with Crippen LogP contribution in [-0.2, 0) is 21.4 Å². The molecule has 3 atom stereocenters. The minimum Gasteiger partial charge on any atom is -0.480 e. The van der Waals surface area contributed by atoms with Crippen LogP contribution < -0.4 is 5.32 Å². The number of carbonyl (C=O) groups is 2. The number of aliphatic carboxylic acids is 1. The van der Waals surface area contributed by atoms with Gasteiger partial charge in [-0.25, -0.2) is 4.79 Å². The Morgan fingerprint density at radius 3 is 2.96 bits per heavy atom. The zero-order chi connectivity index (χ0) is 16.8. The number of carboxylic acids is 1. The van der Waals surface area contributed by atoms with Gasteiger partial charge >= 0.3 is 5.97 Å². The topological polar surface area (TPSA) is 93.5 Å². The predicted octanol–water partition coefficient (Wildman–Crippen LogP) is 1.65. The molecule has 1 aliphatic heterocycles. The third-order valence-electron chi connectivity index (χ3n) is 4.27. The van der Waals surface area contributed by atoms with Gasteiger partial charge in [0.2, 0.25) is 5.91 Å². The van der Waals surface area contributed by atoms with Crippen LogP contribution in [0.15, 0.2) is 12.3 Å². The lowest BCUT2D eigenvalue weighted by atomic mass is 9.90. The molecule has 1 aromatic rings. The van der Waals surface area contributed by atoms with E-state index >= 15 is 0 Å². The lowest BCUT2D eigenvalue weighted by Crippen LogP contribution is -2.46. The Balaban J connectivity index is 2.08. The van der Waals surface area contributed by atoms with Crippen LogP contribution in [0.4, 0.5) is 0 Å². The second-order valence-corrected chi connectivity index (χ2v) is 5.96. The first kappa shape index (κ1) is 17.5. The maximum atomic E-state index is 12.6. The van der Waals surface area contributed by atoms with Crippen molar-refractivity contribution in [2.45, 2.75) is 51.2 Å². The average Bonchev–Trinajstić information content (AvgIpc) is 2.96. The third-order valence-corrected chi connectivity index (χ3v) is 4.27. The summed E-state index contributed by atoms with van der Waals surface area (Å²) < 4.78 is 7.49. The van der Waals surface area contributed by atoms with Crippen LogP contribution in [0.2, 0.25) is 0 Å². The first-order valence-corrected chi connectivity index (χ1v) is 8.17. The van der Waals surface area contributed by atoms with E-state index in [-0.39, 0.29) is 17.9 Å². The monoisotopic (exact) mass is 323 g/mol. The van der Waals surface area contributed by atoms with Crippen LogP contribution in [-0.4, -0.2) is 39.4 Å². The Labute approximate surface area is 136 Å². The van der Waals surface area contributed by atoms with Crippen molar-refractivity contribution >= 4 is 11.9 Å². The zero-order valence-corrected chi connectivity index (χ0v) is 13.7. The van der Waals surface area contributed by atoms with Crippen molar-refractivity contribution in [3.8, 4) is 0 Å². The van der Waals surface area contributed by atoms with E-state index in [0.29, 0.717) is 19.4 Å². The van der Waals surface area contributed by atoms with Gasteiger partial charge in [-0.3, -0.25) is 9.48 Å². The van der Waals surface area contributed by atoms with Crippen molar-refractivity contribution in [1.29, 1.82) is 0 Å². The minimum absolute atomic E-state index is 0.251. The molecule has 1 fully saturated rings. The molecule has 2 N–H and O–H groups in total. The number of aromatic nitrogens is 2. The number of hydrogen-bond acceptors (Lipinski definition) is 4. The van der Waals surface area contributed by atoms with E-state index < -0.39 is 12.0 Å². The van der Waals surface area contributed by atoms with Crippen LogP contribution in [0, 0.1) is 5.92 Å². The summed E-state index contributed by atoms with van der Waals surface area (Å²) in [6, 6.07) is 0.999. The molecule has 0 aromatic carbocycles. The Morgan fingerprint density at radius 2 is 2.35 bits per heavy atom. The van der Waals surface area contributed by atoms with Crippen molar-refractivity contribution in [1.82, 2.24) is 15.1 Å². The third kappa shape index (κ3) is 4.31. The molecule has 0 spiro atoms. The summed E-state index contributed by atoms with van der Waals surface area (Å²) in [6.45, 7) is 2.59. The lowest BCUT2D eigenvalue weighted by Gasteiger charge is -2.31. The van der Waals surface area contributed by atoms with E-state index in [0.717, 1.165) is 25.0 Å². The number of carboxylic acid groups (broad SMARTS) is 1. The second kappa shape index (κ2) is 8.10. The molecule has 7 heteroatoms. The van der Waals surface area contributed by atoms with Gasteiger partial charge in [0.05, 0.1) is 11.6 Å². The van der Waals surface area contributed by atoms with Gasteiger partial charge in [-0.05, 0) is 25.3 Å². The van der Waals surface area contributed by atoms with Crippen molar-refractivity contribution in [3.63, 3.8) is 0 Å². The van der Waals surface area contributed by atoms with Crippen LogP contribution in [0.25, 0.3) is 0 Å². The Hall–Kier alpha value is -1.89. The Morgan fingerprint density at radius 1 is 1.57 bits per heavy atom. The molecule has 7 nitrogen and oxygen atoms in total. The molecular formula is C16H25N3O4. The number of ether oxygens (including phenoxy) is 1. The van der Waals surface area contributed by atoms with E-state index in [1.54, 1.807) is 10.9 Å². The van der Waals surface area contributed by atoms with Gasteiger partial charge in [-0.15, -0.1) is 0 Å². The summed E-state index contributed by atoms with van der Waals surface area (Å²) in [6.07, 6.45) is 4.87. The summed E-state index contributed by atoms with van der Waals surface area (Å²) in [5.41, 5.74) is 0.838. The molecule has 23 heavy (non-hydrogen) atoms. The SMILES string of the molecule is CCCC[C@H](NC(=O)[C@@H]1CCCO[C@H]1c1ccnn1C)C(=O)O. The number of nitrogens with zero attached hydrogens (tertiary/aromatic N) is 2. The van der Waals surface area contributed by atoms with Crippen LogP contribution >= 0.6 is 0 Å². The summed E-state index contributed by atoms with van der Waals surface area (Å²) in [5, 5.41) is 16.1. The molecule has 0 radical (unpaired) electrons. The van der Waals surface area contributed by atoms with Crippen molar-refractivity contribution in [2.24, 2.45) is 13.0 Å². The van der Waals surface area contributed by atoms with Crippen LogP contribution in [0.5, 0.6) is 0 Å². The number of nitrogens with one attached hydrogen (secondary N) is 1. The predicted molar refractivity (Wildman–Crippen MR) is 83.7 cm³/mol. The molecule has 0 bridgehead atoms. The van der Waals surface area contributed by atoms with Gasteiger partial charge in [0, 0.05) is 19.9 Å². The largest absolute Gasteiger partial charge is 0.480 e. The van der Waals surface area contributed by atoms with Gasteiger partial charge in [-0.1, -0.05) is 19.8 Å². The van der Waals surface area contributed by atoms with E-state index in [9.17, 15) is 14.7 Å². The van der Waals surface area contributed by atoms with E-state index in [1.165, 1.54) is 0 Å². The average molecular weight is 323 g/mol. The summed E-state index contributed by atoms with van der Waals surface area (Å²) in [4.78, 5) is 23.9. The number of unbranched alkanes of at least 4 members (excludes halogenated alkanes) is 1. The molecule has 0 unspecified atom stereocenters. The highest BCUT2D eigenvalue weighted by molar-refractivity contribution is 5.85. The minimum atomic E-state index is -0.986. The molecule has 1 aromatic heterocycles. The number of amides is 1. The van der Waals surface area contributed by atoms with E-state index in [1.807, 2.05) is 20.0 Å². The molecule has 128 valence electrons. The quantitative estimate of drug-likeness (QED) is 0.796. The number of hydrogen-bond donors (Lipinski definition) is 2. The summed E-state index contributed by atoms with van der Waals surface area (Å²) >= 11 is 0. The smallest absolute Gasteiger partial charge is 0.326 e. The van der Waals surface area contributed by atoms with Crippen molar-refractivity contribution in [3.05, 3.63) is 18.0 Å². The number of carbonyl (C=O) groups excluding carboxylic acids is 1. The summed E-state index contributed by atoms with van der Waals surface area (Å²) in [5.74, 6) is -1.62. The summed E-state index contributed by atoms with van der Waals surface area (Å²) in [7, 11) is 1.81. The van der Waals surface area contributed by atoms with E-state index in [2.05, 4.69) is 10.4 Å². The molecule has 2 rings (SSSR count). The van der Waals surface area contributed by atoms with Gasteiger partial charge in [0.15, 0.2) is 0 Å². The van der Waals surface area contributed by atoms with Gasteiger partial charge in [-0.2, -0.15) is 5.10 Å². The lowest BCUT2D eigenvalue weighted by molar-refractivity contribution is -0.145. The highest BCUT2D eigenvalue weighted by Crippen LogP contribution is 2.33. The van der Waals surface area contributed by atoms with Crippen LogP contribution in [0.3, 0.4) is 0 Å². The Bertz CT molecular complexity index is 543. The van der Waals surface area contributed by atoms with Crippen molar-refractivity contribution < 1.29 is 19.4 Å².